The van der Waals surface area contributed by atoms with Crippen molar-refractivity contribution in [2.45, 2.75) is 50.1 Å². The van der Waals surface area contributed by atoms with Crippen molar-refractivity contribution in [3.63, 3.8) is 0 Å². The lowest BCUT2D eigenvalue weighted by molar-refractivity contribution is -0.0403. The number of carbonyl (C=O) groups excluding carboxylic acids is 5. The van der Waals surface area contributed by atoms with Gasteiger partial charge in [0.2, 0.25) is 0 Å². The summed E-state index contributed by atoms with van der Waals surface area (Å²) < 4.78 is 29.5. The third-order valence-electron chi connectivity index (χ3n) is 8.55. The SMILES string of the molecule is C=CC[C@@H](C[C@@H](C[C@H](C[C@@H](COC(=O)c1ccccc1)OC(=O)c1ccccc1)OC(=O)c1ccccc1)OC(=O)c1ccccc1)OC(=O)c1ccccc1. The van der Waals surface area contributed by atoms with Gasteiger partial charge < -0.3 is 23.7 Å². The minimum absolute atomic E-state index is 0.0000173. The first-order valence-electron chi connectivity index (χ1n) is 18.2. The topological polar surface area (TPSA) is 132 Å². The first-order valence-corrected chi connectivity index (χ1v) is 18.2. The summed E-state index contributed by atoms with van der Waals surface area (Å²) in [6.07, 6.45) is -2.44. The number of esters is 5. The van der Waals surface area contributed by atoms with E-state index in [0.29, 0.717) is 11.1 Å². The molecule has 5 aromatic carbocycles. The van der Waals surface area contributed by atoms with Gasteiger partial charge in [0.05, 0.1) is 27.8 Å². The van der Waals surface area contributed by atoms with Crippen LogP contribution in [0, 0.1) is 0 Å². The summed E-state index contributed by atoms with van der Waals surface area (Å²) in [5.41, 5.74) is 1.41. The van der Waals surface area contributed by atoms with E-state index in [1.165, 1.54) is 0 Å². The van der Waals surface area contributed by atoms with E-state index in [9.17, 15) is 24.0 Å². The maximum Gasteiger partial charge on any atom is 0.338 e. The highest BCUT2D eigenvalue weighted by Crippen LogP contribution is 2.24. The first kappa shape index (κ1) is 40.4. The van der Waals surface area contributed by atoms with Crippen LogP contribution in [0.25, 0.3) is 0 Å². The molecule has 0 amide bonds. The number of hydrogen-bond acceptors (Lipinski definition) is 10. The van der Waals surface area contributed by atoms with Crippen molar-refractivity contribution in [2.75, 3.05) is 6.61 Å². The van der Waals surface area contributed by atoms with Crippen LogP contribution < -0.4 is 0 Å². The van der Waals surface area contributed by atoms with Crippen molar-refractivity contribution in [2.24, 2.45) is 0 Å². The zero-order chi connectivity index (χ0) is 39.5. The molecule has 0 aromatic heterocycles. The van der Waals surface area contributed by atoms with E-state index in [2.05, 4.69) is 6.58 Å². The summed E-state index contributed by atoms with van der Waals surface area (Å²) in [6, 6.07) is 41.7. The van der Waals surface area contributed by atoms with E-state index < -0.39 is 54.3 Å². The van der Waals surface area contributed by atoms with E-state index in [1.54, 1.807) is 158 Å². The molecule has 0 saturated carbocycles. The van der Waals surface area contributed by atoms with E-state index in [4.69, 9.17) is 23.7 Å². The number of hydrogen-bond donors (Lipinski definition) is 0. The lowest BCUT2D eigenvalue weighted by atomic mass is 9.99. The molecular weight excluding hydrogens is 712 g/mol. The highest BCUT2D eigenvalue weighted by atomic mass is 16.6. The molecule has 0 bridgehead atoms. The Morgan fingerprint density at radius 1 is 0.393 bits per heavy atom. The summed E-state index contributed by atoms with van der Waals surface area (Å²) in [4.78, 5) is 66.6. The van der Waals surface area contributed by atoms with Gasteiger partial charge in [0.15, 0.2) is 0 Å². The normalized spacial score (nSPS) is 12.8. The molecule has 56 heavy (non-hydrogen) atoms. The number of benzene rings is 5. The summed E-state index contributed by atoms with van der Waals surface area (Å²) in [5, 5.41) is 0. The van der Waals surface area contributed by atoms with Gasteiger partial charge in [0.1, 0.15) is 31.0 Å². The molecule has 0 aliphatic heterocycles. The van der Waals surface area contributed by atoms with Gasteiger partial charge in [-0.1, -0.05) is 97.1 Å². The van der Waals surface area contributed by atoms with Crippen LogP contribution in [0.5, 0.6) is 0 Å². The fraction of sp³-hybridized carbons (Fsp3) is 0.196. The van der Waals surface area contributed by atoms with Gasteiger partial charge in [-0.05, 0) is 60.7 Å². The van der Waals surface area contributed by atoms with Crippen LogP contribution in [0.3, 0.4) is 0 Å². The van der Waals surface area contributed by atoms with Crippen molar-refractivity contribution in [3.8, 4) is 0 Å². The van der Waals surface area contributed by atoms with Crippen LogP contribution >= 0.6 is 0 Å². The molecule has 5 aromatic rings. The lowest BCUT2D eigenvalue weighted by Gasteiger charge is -2.29. The molecule has 10 heteroatoms. The molecule has 0 radical (unpaired) electrons. The van der Waals surface area contributed by atoms with Gasteiger partial charge in [-0.25, -0.2) is 24.0 Å². The smallest absolute Gasteiger partial charge is 0.338 e. The fourth-order valence-electron chi connectivity index (χ4n) is 5.79. The van der Waals surface area contributed by atoms with Crippen molar-refractivity contribution < 1.29 is 47.7 Å². The average molecular weight is 755 g/mol. The average Bonchev–Trinajstić information content (AvgIpc) is 3.24. The molecule has 0 saturated heterocycles. The van der Waals surface area contributed by atoms with E-state index in [0.717, 1.165) is 0 Å². The van der Waals surface area contributed by atoms with Gasteiger partial charge in [-0.15, -0.1) is 6.58 Å². The van der Waals surface area contributed by atoms with Crippen LogP contribution in [-0.4, -0.2) is 60.9 Å². The van der Waals surface area contributed by atoms with E-state index in [-0.39, 0.29) is 49.0 Å². The second kappa shape index (κ2) is 21.2. The number of ether oxygens (including phenoxy) is 5. The molecular formula is C46H42O10. The second-order valence-corrected chi connectivity index (χ2v) is 12.8. The van der Waals surface area contributed by atoms with Gasteiger partial charge in [0.25, 0.3) is 0 Å². The molecule has 0 unspecified atom stereocenters. The van der Waals surface area contributed by atoms with Gasteiger partial charge in [0, 0.05) is 25.7 Å². The third-order valence-corrected chi connectivity index (χ3v) is 8.55. The Morgan fingerprint density at radius 3 is 1.00 bits per heavy atom. The Hall–Kier alpha value is -6.81. The summed E-state index contributed by atoms with van der Waals surface area (Å²) in [6.45, 7) is 3.44. The minimum atomic E-state index is -1.12. The van der Waals surface area contributed by atoms with Gasteiger partial charge >= 0.3 is 29.8 Å². The van der Waals surface area contributed by atoms with Gasteiger partial charge in [-0.2, -0.15) is 0 Å². The minimum Gasteiger partial charge on any atom is -0.458 e. The maximum absolute atomic E-state index is 13.6. The molecule has 0 spiro atoms. The molecule has 4 atom stereocenters. The summed E-state index contributed by atoms with van der Waals surface area (Å²) >= 11 is 0. The number of rotatable bonds is 19. The van der Waals surface area contributed by atoms with E-state index in [1.807, 2.05) is 0 Å². The highest BCUT2D eigenvalue weighted by Gasteiger charge is 2.32. The molecule has 0 heterocycles. The molecule has 286 valence electrons. The maximum atomic E-state index is 13.6. The Morgan fingerprint density at radius 2 is 0.661 bits per heavy atom. The lowest BCUT2D eigenvalue weighted by Crippen LogP contribution is -2.36. The molecule has 5 rings (SSSR count). The van der Waals surface area contributed by atoms with Crippen LogP contribution in [0.2, 0.25) is 0 Å². The summed E-state index contributed by atoms with van der Waals surface area (Å²) in [5.74, 6) is -3.25. The Labute approximate surface area is 325 Å². The molecule has 0 N–H and O–H groups in total. The zero-order valence-corrected chi connectivity index (χ0v) is 30.6. The Balaban J connectivity index is 1.45. The molecule has 10 nitrogen and oxygen atoms in total. The van der Waals surface area contributed by atoms with Crippen molar-refractivity contribution in [1.29, 1.82) is 0 Å². The third kappa shape index (κ3) is 12.7. The van der Waals surface area contributed by atoms with Crippen LogP contribution in [-0.2, 0) is 23.7 Å². The highest BCUT2D eigenvalue weighted by molar-refractivity contribution is 5.91. The van der Waals surface area contributed by atoms with Crippen molar-refractivity contribution >= 4 is 29.8 Å². The quantitative estimate of drug-likeness (QED) is 0.0459. The van der Waals surface area contributed by atoms with Crippen molar-refractivity contribution in [3.05, 3.63) is 192 Å². The largest absolute Gasteiger partial charge is 0.458 e. The zero-order valence-electron chi connectivity index (χ0n) is 30.6. The van der Waals surface area contributed by atoms with Gasteiger partial charge in [-0.3, -0.25) is 0 Å². The van der Waals surface area contributed by atoms with Crippen molar-refractivity contribution in [1.82, 2.24) is 0 Å². The van der Waals surface area contributed by atoms with Crippen LogP contribution in [0.15, 0.2) is 164 Å². The molecule has 0 fully saturated rings. The monoisotopic (exact) mass is 754 g/mol. The fourth-order valence-corrected chi connectivity index (χ4v) is 5.79. The predicted molar refractivity (Wildman–Crippen MR) is 208 cm³/mol. The molecule has 0 aliphatic carbocycles. The first-order chi connectivity index (χ1) is 27.3. The van der Waals surface area contributed by atoms with Crippen LogP contribution in [0.1, 0.15) is 77.5 Å². The number of carbonyl (C=O) groups is 5. The van der Waals surface area contributed by atoms with E-state index >= 15 is 0 Å². The standard InChI is InChI=1S/C46H42O10/c1-2-18-38(53-43(48)34-21-10-4-11-22-34)29-39(54-44(49)35-23-12-5-13-24-35)30-40(55-45(50)36-25-14-6-15-26-36)31-41(56-46(51)37-27-16-7-17-28-37)32-52-42(47)33-19-8-3-9-20-33/h2-17,19-28,38-41H,1,18,29-32H2/t38-,39-,40+,41-/m0/s1. The second-order valence-electron chi connectivity index (χ2n) is 12.8. The molecule has 0 aliphatic rings. The predicted octanol–water partition coefficient (Wildman–Crippen LogP) is 8.49. The Bertz CT molecular complexity index is 2020. The Kier molecular flexibility index (Phi) is 15.3. The van der Waals surface area contributed by atoms with Crippen LogP contribution in [0.4, 0.5) is 0 Å². The summed E-state index contributed by atoms with van der Waals surface area (Å²) in [7, 11) is 0.